The topological polar surface area (TPSA) is 103 Å². The highest BCUT2D eigenvalue weighted by atomic mass is 16.4. The maximum Gasteiger partial charge on any atom is 0.328 e. The largest absolute Gasteiger partial charge is 0.478 e. The summed E-state index contributed by atoms with van der Waals surface area (Å²) in [6.45, 7) is 2.68. The molecule has 0 aliphatic carbocycles. The minimum absolute atomic E-state index is 0.156. The van der Waals surface area contributed by atoms with Gasteiger partial charge in [0, 0.05) is 22.9 Å². The summed E-state index contributed by atoms with van der Waals surface area (Å²) >= 11 is 0. The molecule has 2 aromatic carbocycles. The van der Waals surface area contributed by atoms with Crippen molar-refractivity contribution in [1.82, 2.24) is 0 Å². The molecule has 7 nitrogen and oxygen atoms in total. The number of nitrogens with zero attached hydrogens (tertiary/aromatic N) is 3. The molecule has 0 saturated carbocycles. The van der Waals surface area contributed by atoms with Gasteiger partial charge in [0.25, 0.3) is 5.91 Å². The lowest BCUT2D eigenvalue weighted by molar-refractivity contribution is -0.131. The van der Waals surface area contributed by atoms with Crippen molar-refractivity contribution in [2.24, 2.45) is 15.2 Å². The molecule has 1 atom stereocenters. The first kappa shape index (κ1) is 19.2. The van der Waals surface area contributed by atoms with E-state index in [9.17, 15) is 9.59 Å². The van der Waals surface area contributed by atoms with E-state index in [-0.39, 0.29) is 11.9 Å². The molecule has 1 aliphatic heterocycles. The molecule has 28 heavy (non-hydrogen) atoms. The number of nitrogens with one attached hydrogen (secondary N) is 1. The van der Waals surface area contributed by atoms with Gasteiger partial charge in [-0.1, -0.05) is 31.2 Å². The van der Waals surface area contributed by atoms with Gasteiger partial charge in [0.15, 0.2) is 5.84 Å². The number of carboxylic acids is 1. The van der Waals surface area contributed by atoms with Gasteiger partial charge in [0.05, 0.1) is 12.6 Å². The Kier molecular flexibility index (Phi) is 6.06. The van der Waals surface area contributed by atoms with E-state index in [0.29, 0.717) is 23.6 Å². The third-order valence-corrected chi connectivity index (χ3v) is 4.23. The van der Waals surface area contributed by atoms with Crippen LogP contribution in [0.2, 0.25) is 0 Å². The molecule has 1 amide bonds. The predicted octanol–water partition coefficient (Wildman–Crippen LogP) is 4.03. The van der Waals surface area contributed by atoms with E-state index in [0.717, 1.165) is 23.6 Å². The van der Waals surface area contributed by atoms with Crippen LogP contribution >= 0.6 is 0 Å². The normalized spacial score (nSPS) is 16.0. The first-order valence-corrected chi connectivity index (χ1v) is 8.93. The summed E-state index contributed by atoms with van der Waals surface area (Å²) in [5, 5.41) is 19.7. The predicted molar refractivity (Wildman–Crippen MR) is 108 cm³/mol. The number of aliphatic imine (C=N–C) groups is 1. The van der Waals surface area contributed by atoms with Crippen molar-refractivity contribution in [1.29, 1.82) is 0 Å². The molecule has 1 unspecified atom stereocenters. The molecule has 0 fully saturated rings. The molecule has 3 rings (SSSR count). The Morgan fingerprint density at radius 3 is 2.50 bits per heavy atom. The molecule has 0 radical (unpaired) electrons. The van der Waals surface area contributed by atoms with Gasteiger partial charge in [-0.3, -0.25) is 9.79 Å². The van der Waals surface area contributed by atoms with Gasteiger partial charge in [0.2, 0.25) is 0 Å². The van der Waals surface area contributed by atoms with Gasteiger partial charge >= 0.3 is 5.97 Å². The van der Waals surface area contributed by atoms with Crippen molar-refractivity contribution >= 4 is 29.5 Å². The Hall–Kier alpha value is -3.61. The van der Waals surface area contributed by atoms with Crippen LogP contribution < -0.4 is 5.32 Å². The molecule has 2 aromatic rings. The highest BCUT2D eigenvalue weighted by Crippen LogP contribution is 2.15. The number of carbonyl (C=O) groups is 2. The van der Waals surface area contributed by atoms with E-state index in [1.54, 1.807) is 36.4 Å². The molecule has 2 N–H and O–H groups in total. The van der Waals surface area contributed by atoms with E-state index >= 15 is 0 Å². The lowest BCUT2D eigenvalue weighted by Crippen LogP contribution is -2.16. The summed E-state index contributed by atoms with van der Waals surface area (Å²) in [7, 11) is 0. The maximum absolute atomic E-state index is 12.4. The van der Waals surface area contributed by atoms with Crippen LogP contribution in [0.3, 0.4) is 0 Å². The van der Waals surface area contributed by atoms with Crippen LogP contribution in [-0.4, -0.2) is 35.4 Å². The molecule has 0 bridgehead atoms. The van der Waals surface area contributed by atoms with Gasteiger partial charge in [-0.05, 0) is 42.3 Å². The molecule has 1 heterocycles. The second-order valence-corrected chi connectivity index (χ2v) is 6.26. The Bertz CT molecular complexity index is 945. The number of azo groups is 1. The second-order valence-electron chi connectivity index (χ2n) is 6.26. The summed E-state index contributed by atoms with van der Waals surface area (Å²) in [5.74, 6) is -0.652. The van der Waals surface area contributed by atoms with Gasteiger partial charge in [-0.15, -0.1) is 5.11 Å². The van der Waals surface area contributed by atoms with E-state index in [1.807, 2.05) is 12.1 Å². The van der Waals surface area contributed by atoms with Crippen LogP contribution in [0.4, 0.5) is 5.69 Å². The zero-order valence-corrected chi connectivity index (χ0v) is 15.4. The summed E-state index contributed by atoms with van der Waals surface area (Å²) in [4.78, 5) is 27.5. The number of amidine groups is 1. The van der Waals surface area contributed by atoms with Gasteiger partial charge in [-0.25, -0.2) is 4.79 Å². The number of amides is 1. The summed E-state index contributed by atoms with van der Waals surface area (Å²) < 4.78 is 0. The zero-order chi connectivity index (χ0) is 19.9. The average Bonchev–Trinajstić information content (AvgIpc) is 2.73. The molecular weight excluding hydrogens is 356 g/mol. The van der Waals surface area contributed by atoms with Crippen molar-refractivity contribution in [2.75, 3.05) is 11.9 Å². The standard InChI is InChI=1S/C21H20N4O3/c1-2-17-13-22-25-20(23-17)15-6-8-16(9-7-15)21(28)24-18-10-3-14(4-11-18)5-12-19(26)27/h3-12,17H,2,13H2,1H3,(H,24,28)(H,26,27)/b12-5+. The van der Waals surface area contributed by atoms with Crippen molar-refractivity contribution in [3.05, 3.63) is 71.3 Å². The molecular formula is C21H20N4O3. The molecule has 0 aromatic heterocycles. The number of benzene rings is 2. The monoisotopic (exact) mass is 376 g/mol. The van der Waals surface area contributed by atoms with E-state index < -0.39 is 5.97 Å². The lowest BCUT2D eigenvalue weighted by Gasteiger charge is -2.12. The van der Waals surface area contributed by atoms with Gasteiger partial charge < -0.3 is 10.4 Å². The molecule has 7 heteroatoms. The minimum Gasteiger partial charge on any atom is -0.478 e. The Morgan fingerprint density at radius 2 is 1.86 bits per heavy atom. The van der Waals surface area contributed by atoms with Crippen LogP contribution in [0.15, 0.2) is 69.8 Å². The van der Waals surface area contributed by atoms with Crippen molar-refractivity contribution in [2.45, 2.75) is 19.4 Å². The van der Waals surface area contributed by atoms with Gasteiger partial charge in [-0.2, -0.15) is 5.11 Å². The maximum atomic E-state index is 12.4. The third kappa shape index (κ3) is 4.97. The number of carbonyl (C=O) groups excluding carboxylic acids is 1. The number of carboxylic acid groups (broad SMARTS) is 1. The van der Waals surface area contributed by atoms with Crippen LogP contribution in [-0.2, 0) is 4.79 Å². The number of aliphatic carboxylic acids is 1. The van der Waals surface area contributed by atoms with E-state index in [4.69, 9.17) is 5.11 Å². The second kappa shape index (κ2) is 8.85. The van der Waals surface area contributed by atoms with Crippen LogP contribution in [0.25, 0.3) is 6.08 Å². The fraction of sp³-hybridized carbons (Fsp3) is 0.190. The van der Waals surface area contributed by atoms with Crippen molar-refractivity contribution in [3.63, 3.8) is 0 Å². The number of rotatable bonds is 6. The first-order chi connectivity index (χ1) is 13.5. The molecule has 1 aliphatic rings. The van der Waals surface area contributed by atoms with Gasteiger partial charge in [0.1, 0.15) is 0 Å². The Labute approximate surface area is 162 Å². The van der Waals surface area contributed by atoms with Crippen LogP contribution in [0.5, 0.6) is 0 Å². The third-order valence-electron chi connectivity index (χ3n) is 4.23. The lowest BCUT2D eigenvalue weighted by atomic mass is 10.1. The highest BCUT2D eigenvalue weighted by Gasteiger charge is 2.13. The minimum atomic E-state index is -1.01. The highest BCUT2D eigenvalue weighted by molar-refractivity contribution is 6.05. The summed E-state index contributed by atoms with van der Waals surface area (Å²) in [6.07, 6.45) is 3.46. The number of hydrogen-bond acceptors (Lipinski definition) is 5. The number of hydrogen-bond donors (Lipinski definition) is 2. The zero-order valence-electron chi connectivity index (χ0n) is 15.4. The quantitative estimate of drug-likeness (QED) is 0.744. The van der Waals surface area contributed by atoms with Crippen LogP contribution in [0, 0.1) is 0 Å². The fourth-order valence-corrected chi connectivity index (χ4v) is 2.61. The molecule has 0 spiro atoms. The van der Waals surface area contributed by atoms with Crippen molar-refractivity contribution < 1.29 is 14.7 Å². The summed E-state index contributed by atoms with van der Waals surface area (Å²) in [5.41, 5.74) is 2.70. The van der Waals surface area contributed by atoms with E-state index in [1.165, 1.54) is 6.08 Å². The average molecular weight is 376 g/mol. The van der Waals surface area contributed by atoms with E-state index in [2.05, 4.69) is 27.5 Å². The van der Waals surface area contributed by atoms with Crippen molar-refractivity contribution in [3.8, 4) is 0 Å². The fourth-order valence-electron chi connectivity index (χ4n) is 2.61. The Morgan fingerprint density at radius 1 is 1.14 bits per heavy atom. The molecule has 142 valence electrons. The number of anilines is 1. The smallest absolute Gasteiger partial charge is 0.328 e. The first-order valence-electron chi connectivity index (χ1n) is 8.93. The summed E-state index contributed by atoms with van der Waals surface area (Å²) in [6, 6.07) is 14.1. The molecule has 0 saturated heterocycles. The van der Waals surface area contributed by atoms with Crippen LogP contribution in [0.1, 0.15) is 34.8 Å². The SMILES string of the molecule is CCC1CN=NC(c2ccc(C(=O)Nc3ccc(/C=C/C(=O)O)cc3)cc2)=N1. The Balaban J connectivity index is 1.66.